The zero-order valence-corrected chi connectivity index (χ0v) is 13.8. The van der Waals surface area contributed by atoms with Crippen molar-refractivity contribution in [2.45, 2.75) is 55.6 Å². The van der Waals surface area contributed by atoms with Crippen LogP contribution in [0.3, 0.4) is 0 Å². The third-order valence-corrected chi connectivity index (χ3v) is 2.22. The van der Waals surface area contributed by atoms with Crippen molar-refractivity contribution < 1.29 is 9.90 Å². The fourth-order valence-electron chi connectivity index (χ4n) is 1.26. The molecular formula is C21H36O2. The number of carbonyl (C=O) groups is 1. The molecular weight excluding hydrogens is 284 g/mol. The molecule has 2 aromatic rings. The zero-order valence-electron chi connectivity index (χ0n) is 13.8. The number of hydrogen-bond acceptors (Lipinski definition) is 2. The minimum Gasteiger partial charge on any atom is -0.389 e. The second-order valence-corrected chi connectivity index (χ2v) is 3.62. The highest BCUT2D eigenvalue weighted by Crippen LogP contribution is 2.09. The quantitative estimate of drug-likeness (QED) is 0.636. The minimum atomic E-state index is -0.341. The van der Waals surface area contributed by atoms with E-state index in [0.717, 1.165) is 17.4 Å². The van der Waals surface area contributed by atoms with Gasteiger partial charge in [-0.25, -0.2) is 0 Å². The van der Waals surface area contributed by atoms with E-state index in [2.05, 4.69) is 0 Å². The van der Waals surface area contributed by atoms with Crippen LogP contribution >= 0.6 is 0 Å². The number of rotatable bonds is 2. The van der Waals surface area contributed by atoms with E-state index < -0.39 is 0 Å². The lowest BCUT2D eigenvalue weighted by Crippen LogP contribution is -1.87. The zero-order chi connectivity index (χ0) is 16.5. The molecule has 0 heterocycles. The van der Waals surface area contributed by atoms with Crippen molar-refractivity contribution in [1.29, 1.82) is 0 Å². The van der Waals surface area contributed by atoms with Crippen LogP contribution in [0.1, 0.15) is 71.5 Å². The van der Waals surface area contributed by atoms with E-state index in [-0.39, 0.29) is 21.0 Å². The topological polar surface area (TPSA) is 37.3 Å². The molecule has 1 atom stereocenters. The van der Waals surface area contributed by atoms with Gasteiger partial charge in [0.1, 0.15) is 6.29 Å². The fourth-order valence-corrected chi connectivity index (χ4v) is 1.26. The van der Waals surface area contributed by atoms with Gasteiger partial charge in [-0.2, -0.15) is 0 Å². The maximum absolute atomic E-state index is 10.0. The molecule has 2 aromatic carbocycles. The van der Waals surface area contributed by atoms with E-state index in [1.54, 1.807) is 19.1 Å². The third kappa shape index (κ3) is 16.3. The van der Waals surface area contributed by atoms with E-state index in [9.17, 15) is 4.79 Å². The van der Waals surface area contributed by atoms with Crippen molar-refractivity contribution in [2.75, 3.05) is 0 Å². The van der Waals surface area contributed by atoms with Gasteiger partial charge in [0.25, 0.3) is 0 Å². The largest absolute Gasteiger partial charge is 0.389 e. The highest BCUT2D eigenvalue weighted by atomic mass is 16.3. The van der Waals surface area contributed by atoms with Gasteiger partial charge in [0, 0.05) is 5.56 Å². The van der Waals surface area contributed by atoms with Gasteiger partial charge >= 0.3 is 0 Å². The molecule has 0 fully saturated rings. The first kappa shape index (κ1) is 29.1. The van der Waals surface area contributed by atoms with Crippen LogP contribution < -0.4 is 0 Å². The lowest BCUT2D eigenvalue weighted by molar-refractivity contribution is 0.112. The Morgan fingerprint density at radius 2 is 1.13 bits per heavy atom. The third-order valence-electron chi connectivity index (χ3n) is 2.22. The standard InChI is InChI=1S/C8H10O.C7H6O.2C2H6.2CH4/c1-7(9)8-5-3-2-4-6-8;8-6-7-4-2-1-3-5-7;2*1-2;;/h2-7,9H,1H3;1-6H;2*1-2H3;2*1H4. The lowest BCUT2D eigenvalue weighted by atomic mass is 10.1. The van der Waals surface area contributed by atoms with E-state index in [0.29, 0.717) is 0 Å². The minimum absolute atomic E-state index is 0. The molecule has 0 aromatic heterocycles. The first-order valence-corrected chi connectivity index (χ1v) is 7.47. The molecule has 0 aliphatic carbocycles. The molecule has 0 saturated heterocycles. The number of aldehydes is 1. The molecule has 132 valence electrons. The summed E-state index contributed by atoms with van der Waals surface area (Å²) < 4.78 is 0. The summed E-state index contributed by atoms with van der Waals surface area (Å²) >= 11 is 0. The van der Waals surface area contributed by atoms with Crippen LogP contribution in [0.2, 0.25) is 0 Å². The Bertz CT molecular complexity index is 422. The molecule has 0 saturated carbocycles. The summed E-state index contributed by atoms with van der Waals surface area (Å²) in [5.41, 5.74) is 1.70. The highest BCUT2D eigenvalue weighted by molar-refractivity contribution is 5.74. The lowest BCUT2D eigenvalue weighted by Gasteiger charge is -2.00. The molecule has 23 heavy (non-hydrogen) atoms. The van der Waals surface area contributed by atoms with Crippen molar-refractivity contribution in [3.8, 4) is 0 Å². The molecule has 0 radical (unpaired) electrons. The molecule has 0 bridgehead atoms. The van der Waals surface area contributed by atoms with Crippen LogP contribution in [0.5, 0.6) is 0 Å². The van der Waals surface area contributed by atoms with Crippen molar-refractivity contribution >= 4 is 6.29 Å². The maximum Gasteiger partial charge on any atom is 0.150 e. The normalized spacial score (nSPS) is 8.61. The number of carbonyl (C=O) groups excluding carboxylic acids is 1. The van der Waals surface area contributed by atoms with Gasteiger partial charge in [-0.3, -0.25) is 4.79 Å². The van der Waals surface area contributed by atoms with E-state index in [1.165, 1.54) is 0 Å². The molecule has 0 spiro atoms. The number of aliphatic hydroxyl groups is 1. The predicted molar refractivity (Wildman–Crippen MR) is 105 cm³/mol. The SMILES string of the molecule is C.C.CC.CC.CC(O)c1ccccc1.O=Cc1ccccc1. The van der Waals surface area contributed by atoms with Crippen molar-refractivity contribution in [1.82, 2.24) is 0 Å². The van der Waals surface area contributed by atoms with Gasteiger partial charge in [0.15, 0.2) is 0 Å². The molecule has 2 rings (SSSR count). The number of aliphatic hydroxyl groups excluding tert-OH is 1. The number of hydrogen-bond donors (Lipinski definition) is 1. The first-order valence-electron chi connectivity index (χ1n) is 7.47. The summed E-state index contributed by atoms with van der Waals surface area (Å²) in [6.07, 6.45) is 0.492. The average Bonchev–Trinajstić information content (AvgIpc) is 2.60. The fraction of sp³-hybridized carbons (Fsp3) is 0.381. The van der Waals surface area contributed by atoms with Gasteiger partial charge in [0.2, 0.25) is 0 Å². The average molecular weight is 321 g/mol. The summed E-state index contributed by atoms with van der Waals surface area (Å²) in [4.78, 5) is 10.0. The van der Waals surface area contributed by atoms with Crippen molar-refractivity contribution in [3.05, 3.63) is 71.8 Å². The van der Waals surface area contributed by atoms with Crippen LogP contribution in [0.25, 0.3) is 0 Å². The Labute approximate surface area is 144 Å². The van der Waals surface area contributed by atoms with Gasteiger partial charge in [-0.15, -0.1) is 0 Å². The molecule has 1 unspecified atom stereocenters. The summed E-state index contributed by atoms with van der Waals surface area (Å²) in [5.74, 6) is 0. The van der Waals surface area contributed by atoms with Gasteiger partial charge < -0.3 is 5.11 Å². The molecule has 1 N–H and O–H groups in total. The molecule has 0 amide bonds. The monoisotopic (exact) mass is 320 g/mol. The second-order valence-electron chi connectivity index (χ2n) is 3.62. The smallest absolute Gasteiger partial charge is 0.150 e. The van der Waals surface area contributed by atoms with Gasteiger partial charge in [-0.1, -0.05) is 103 Å². The Morgan fingerprint density at radius 1 is 0.783 bits per heavy atom. The van der Waals surface area contributed by atoms with Crippen LogP contribution in [0, 0.1) is 0 Å². The second kappa shape index (κ2) is 22.4. The van der Waals surface area contributed by atoms with E-state index in [1.807, 2.05) is 76.2 Å². The van der Waals surface area contributed by atoms with Crippen LogP contribution in [0.15, 0.2) is 60.7 Å². The Morgan fingerprint density at radius 3 is 1.35 bits per heavy atom. The Hall–Kier alpha value is -1.93. The van der Waals surface area contributed by atoms with Crippen molar-refractivity contribution in [2.24, 2.45) is 0 Å². The first-order chi connectivity index (χ1) is 10.2. The van der Waals surface area contributed by atoms with E-state index >= 15 is 0 Å². The predicted octanol–water partition coefficient (Wildman–Crippen LogP) is 6.56. The summed E-state index contributed by atoms with van der Waals surface area (Å²) in [7, 11) is 0. The maximum atomic E-state index is 10.0. The highest BCUT2D eigenvalue weighted by Gasteiger charge is 1.95. The summed E-state index contributed by atoms with van der Waals surface area (Å²) in [6.45, 7) is 9.76. The Balaban J connectivity index is -0.000000121. The summed E-state index contributed by atoms with van der Waals surface area (Å²) in [5, 5.41) is 9.02. The van der Waals surface area contributed by atoms with Crippen LogP contribution in [0.4, 0.5) is 0 Å². The van der Waals surface area contributed by atoms with Crippen molar-refractivity contribution in [3.63, 3.8) is 0 Å². The summed E-state index contributed by atoms with van der Waals surface area (Å²) in [6, 6.07) is 18.7. The van der Waals surface area contributed by atoms with Gasteiger partial charge in [-0.05, 0) is 12.5 Å². The molecule has 0 aliphatic rings. The van der Waals surface area contributed by atoms with E-state index in [4.69, 9.17) is 5.11 Å². The molecule has 0 aliphatic heterocycles. The number of benzene rings is 2. The molecule has 2 heteroatoms. The molecule has 2 nitrogen and oxygen atoms in total. The van der Waals surface area contributed by atoms with Crippen LogP contribution in [-0.4, -0.2) is 11.4 Å². The van der Waals surface area contributed by atoms with Crippen LogP contribution in [-0.2, 0) is 0 Å². The van der Waals surface area contributed by atoms with Gasteiger partial charge in [0.05, 0.1) is 6.10 Å². The Kier molecular flexibility index (Phi) is 28.3.